The lowest BCUT2D eigenvalue weighted by Crippen LogP contribution is -2.33. The number of rotatable bonds is 7. The first kappa shape index (κ1) is 21.5. The smallest absolute Gasteiger partial charge is 0.295 e. The minimum atomic E-state index is -2.71. The summed E-state index contributed by atoms with van der Waals surface area (Å²) >= 11 is 0. The molecule has 0 aliphatic rings. The number of fused-ring (bicyclic) bond motifs is 2. The second kappa shape index (κ2) is 8.78. The zero-order chi connectivity index (χ0) is 22.8. The highest BCUT2D eigenvalue weighted by atomic mass is 19.3. The third-order valence-electron chi connectivity index (χ3n) is 5.42. The Bertz CT molecular complexity index is 1290. The van der Waals surface area contributed by atoms with Gasteiger partial charge in [-0.2, -0.15) is 0 Å². The lowest BCUT2D eigenvalue weighted by atomic mass is 10.1. The number of aromatic nitrogens is 3. The first-order chi connectivity index (χ1) is 15.4. The molecule has 32 heavy (non-hydrogen) atoms. The summed E-state index contributed by atoms with van der Waals surface area (Å²) in [7, 11) is 0. The lowest BCUT2D eigenvalue weighted by Gasteiger charge is -2.19. The van der Waals surface area contributed by atoms with Gasteiger partial charge in [0.05, 0.1) is 11.0 Å². The summed E-state index contributed by atoms with van der Waals surface area (Å²) in [6.07, 6.45) is -0.856. The van der Waals surface area contributed by atoms with E-state index in [1.807, 2.05) is 42.8 Å². The van der Waals surface area contributed by atoms with Gasteiger partial charge in [-0.15, -0.1) is 0 Å². The predicted molar refractivity (Wildman–Crippen MR) is 119 cm³/mol. The topological polar surface area (TPSA) is 83.0 Å². The zero-order valence-corrected chi connectivity index (χ0v) is 17.7. The number of amides is 2. The summed E-state index contributed by atoms with van der Waals surface area (Å²) in [5.74, 6) is -0.739. The molecule has 166 valence electrons. The van der Waals surface area contributed by atoms with Crippen molar-refractivity contribution in [3.8, 4) is 0 Å². The summed E-state index contributed by atoms with van der Waals surface area (Å²) in [4.78, 5) is 33.2. The zero-order valence-electron chi connectivity index (χ0n) is 17.7. The number of imidazole rings is 1. The van der Waals surface area contributed by atoms with Crippen molar-refractivity contribution in [2.45, 2.75) is 26.8 Å². The van der Waals surface area contributed by atoms with Crippen LogP contribution in [0.15, 0.2) is 48.7 Å². The largest absolute Gasteiger partial charge is 0.342 e. The molecule has 0 saturated heterocycles. The Labute approximate surface area is 183 Å². The molecular weight excluding hydrogens is 416 g/mol. The van der Waals surface area contributed by atoms with Crippen LogP contribution in [0, 0.1) is 0 Å². The SMILES string of the molecule is CCN(CC)C(=O)Cn1ccc2cc(NC(=O)c3ccc4nc(C(F)F)[nH]c4c3)ccc21. The van der Waals surface area contributed by atoms with Gasteiger partial charge in [-0.1, -0.05) is 0 Å². The Morgan fingerprint density at radius 3 is 2.62 bits per heavy atom. The van der Waals surface area contributed by atoms with Crippen LogP contribution in [0.1, 0.15) is 36.5 Å². The number of halogens is 2. The number of alkyl halides is 2. The molecule has 0 atom stereocenters. The Balaban J connectivity index is 1.51. The molecule has 4 aromatic rings. The molecule has 4 rings (SSSR count). The quantitative estimate of drug-likeness (QED) is 0.442. The number of anilines is 1. The van der Waals surface area contributed by atoms with Gasteiger partial charge in [-0.05, 0) is 56.3 Å². The minimum Gasteiger partial charge on any atom is -0.342 e. The monoisotopic (exact) mass is 439 g/mol. The van der Waals surface area contributed by atoms with Gasteiger partial charge >= 0.3 is 0 Å². The molecule has 0 aliphatic heterocycles. The van der Waals surface area contributed by atoms with Crippen LogP contribution < -0.4 is 5.32 Å². The average molecular weight is 439 g/mol. The summed E-state index contributed by atoms with van der Waals surface area (Å²) in [5, 5.41) is 3.71. The van der Waals surface area contributed by atoms with Gasteiger partial charge in [0.25, 0.3) is 12.3 Å². The van der Waals surface area contributed by atoms with Crippen LogP contribution in [0.4, 0.5) is 14.5 Å². The fourth-order valence-corrected chi connectivity index (χ4v) is 3.72. The Hall–Kier alpha value is -3.75. The molecule has 9 heteroatoms. The van der Waals surface area contributed by atoms with E-state index in [0.29, 0.717) is 35.4 Å². The van der Waals surface area contributed by atoms with Crippen molar-refractivity contribution < 1.29 is 18.4 Å². The maximum atomic E-state index is 12.8. The minimum absolute atomic E-state index is 0.0501. The van der Waals surface area contributed by atoms with E-state index in [2.05, 4.69) is 15.3 Å². The molecule has 2 aromatic heterocycles. The van der Waals surface area contributed by atoms with Gasteiger partial charge in [0.2, 0.25) is 5.91 Å². The first-order valence-corrected chi connectivity index (χ1v) is 10.4. The number of nitrogens with one attached hydrogen (secondary N) is 2. The molecule has 2 heterocycles. The molecule has 0 spiro atoms. The second-order valence-corrected chi connectivity index (χ2v) is 7.39. The van der Waals surface area contributed by atoms with Gasteiger partial charge in [0.1, 0.15) is 6.54 Å². The van der Waals surface area contributed by atoms with Crippen molar-refractivity contribution in [2.24, 2.45) is 0 Å². The maximum Gasteiger partial charge on any atom is 0.295 e. The number of H-pyrrole nitrogens is 1. The molecule has 2 aromatic carbocycles. The van der Waals surface area contributed by atoms with Crippen LogP contribution in [0.3, 0.4) is 0 Å². The van der Waals surface area contributed by atoms with E-state index >= 15 is 0 Å². The number of carbonyl (C=O) groups excluding carboxylic acids is 2. The highest BCUT2D eigenvalue weighted by Crippen LogP contribution is 2.23. The van der Waals surface area contributed by atoms with Gasteiger partial charge in [-0.25, -0.2) is 13.8 Å². The molecule has 0 radical (unpaired) electrons. The summed E-state index contributed by atoms with van der Waals surface area (Å²) < 4.78 is 27.5. The Morgan fingerprint density at radius 2 is 1.91 bits per heavy atom. The van der Waals surface area contributed by atoms with Crippen LogP contribution in [-0.2, 0) is 11.3 Å². The number of aromatic amines is 1. The first-order valence-electron chi connectivity index (χ1n) is 10.4. The summed E-state index contributed by atoms with van der Waals surface area (Å²) in [5.41, 5.74) is 2.55. The number of hydrogen-bond donors (Lipinski definition) is 2. The van der Waals surface area contributed by atoms with Crippen LogP contribution in [0.2, 0.25) is 0 Å². The van der Waals surface area contributed by atoms with Crippen molar-refractivity contribution in [2.75, 3.05) is 18.4 Å². The van der Waals surface area contributed by atoms with E-state index in [4.69, 9.17) is 0 Å². The fourth-order valence-electron chi connectivity index (χ4n) is 3.72. The van der Waals surface area contributed by atoms with Crippen LogP contribution in [0.25, 0.3) is 21.9 Å². The van der Waals surface area contributed by atoms with E-state index in [1.165, 1.54) is 12.1 Å². The third kappa shape index (κ3) is 4.18. The van der Waals surface area contributed by atoms with E-state index < -0.39 is 12.2 Å². The van der Waals surface area contributed by atoms with Crippen molar-refractivity contribution in [3.05, 3.63) is 60.0 Å². The van der Waals surface area contributed by atoms with Crippen molar-refractivity contribution in [1.82, 2.24) is 19.4 Å². The number of likely N-dealkylation sites (N-methyl/N-ethyl adjacent to an activating group) is 1. The molecule has 7 nitrogen and oxygen atoms in total. The van der Waals surface area contributed by atoms with Crippen molar-refractivity contribution >= 4 is 39.4 Å². The molecular formula is C23H23F2N5O2. The molecule has 2 N–H and O–H groups in total. The van der Waals surface area contributed by atoms with E-state index in [1.54, 1.807) is 17.0 Å². The highest BCUT2D eigenvalue weighted by molar-refractivity contribution is 6.06. The number of nitrogens with zero attached hydrogens (tertiary/aromatic N) is 3. The van der Waals surface area contributed by atoms with Gasteiger partial charge in [0, 0.05) is 41.4 Å². The van der Waals surface area contributed by atoms with Gasteiger partial charge < -0.3 is 19.8 Å². The highest BCUT2D eigenvalue weighted by Gasteiger charge is 2.15. The van der Waals surface area contributed by atoms with E-state index in [9.17, 15) is 18.4 Å². The molecule has 0 unspecified atom stereocenters. The van der Waals surface area contributed by atoms with Crippen molar-refractivity contribution in [3.63, 3.8) is 0 Å². The van der Waals surface area contributed by atoms with Crippen LogP contribution in [0.5, 0.6) is 0 Å². The molecule has 0 aliphatic carbocycles. The molecule has 2 amide bonds. The molecule has 0 saturated carbocycles. The third-order valence-corrected chi connectivity index (χ3v) is 5.42. The number of carbonyl (C=O) groups is 2. The number of benzene rings is 2. The van der Waals surface area contributed by atoms with Crippen LogP contribution >= 0.6 is 0 Å². The van der Waals surface area contributed by atoms with E-state index in [0.717, 1.165) is 10.9 Å². The summed E-state index contributed by atoms with van der Waals surface area (Å²) in [6, 6.07) is 11.9. The second-order valence-electron chi connectivity index (χ2n) is 7.39. The Kier molecular flexibility index (Phi) is 5.89. The summed E-state index contributed by atoms with van der Waals surface area (Å²) in [6.45, 7) is 5.48. The maximum absolute atomic E-state index is 12.8. The van der Waals surface area contributed by atoms with Crippen LogP contribution in [-0.4, -0.2) is 44.3 Å². The predicted octanol–water partition coefficient (Wildman–Crippen LogP) is 4.58. The number of hydrogen-bond acceptors (Lipinski definition) is 3. The average Bonchev–Trinajstić information content (AvgIpc) is 3.38. The molecule has 0 bridgehead atoms. The standard InChI is InChI=1S/C23H23F2N5O2/c1-3-29(4-2)20(31)13-30-10-9-14-11-16(6-8-19(14)30)26-23(32)15-5-7-17-18(12-15)28-22(27-17)21(24)25/h5-12,21H,3-4,13H2,1-2H3,(H,26,32)(H,27,28). The lowest BCUT2D eigenvalue weighted by molar-refractivity contribution is -0.131. The fraction of sp³-hybridized carbons (Fsp3) is 0.261. The molecule has 0 fully saturated rings. The van der Waals surface area contributed by atoms with E-state index in [-0.39, 0.29) is 18.4 Å². The van der Waals surface area contributed by atoms with Gasteiger partial charge in [0.15, 0.2) is 5.82 Å². The van der Waals surface area contributed by atoms with Crippen molar-refractivity contribution in [1.29, 1.82) is 0 Å². The normalized spacial score (nSPS) is 11.4. The Morgan fingerprint density at radius 1 is 1.12 bits per heavy atom. The van der Waals surface area contributed by atoms with Gasteiger partial charge in [-0.3, -0.25) is 9.59 Å².